The molecule has 0 aliphatic carbocycles. The molecule has 0 amide bonds. The van der Waals surface area contributed by atoms with Gasteiger partial charge in [0.05, 0.1) is 49.8 Å². The molecular formula is C20H36N4S+2. The van der Waals surface area contributed by atoms with E-state index >= 15 is 0 Å². The molecule has 25 heavy (non-hydrogen) atoms. The predicted molar refractivity (Wildman–Crippen MR) is 104 cm³/mol. The molecule has 0 spiro atoms. The van der Waals surface area contributed by atoms with Crippen LogP contribution in [0.5, 0.6) is 0 Å². The standard InChI is InChI=1S/C20H36N4S/c1-3-19-18(24-14-8-22(9-15-24)10-16-24)2-4-20(25-19)17(1)23-11-5-21(6-12-23)7-13-23/h17-20H,1-16H2/q+2. The van der Waals surface area contributed by atoms with Crippen molar-refractivity contribution >= 4 is 11.8 Å². The number of hydrogen-bond donors (Lipinski definition) is 0. The third kappa shape index (κ3) is 2.42. The fourth-order valence-electron chi connectivity index (χ4n) is 7.60. The van der Waals surface area contributed by atoms with Crippen molar-refractivity contribution in [3.8, 4) is 0 Å². The zero-order valence-electron chi connectivity index (χ0n) is 15.8. The molecule has 4 atom stereocenters. The number of piperazine rings is 6. The molecule has 0 N–H and O–H groups in total. The Hall–Kier alpha value is 0.190. The molecule has 8 aliphatic heterocycles. The molecule has 8 heterocycles. The lowest BCUT2D eigenvalue weighted by atomic mass is 9.85. The van der Waals surface area contributed by atoms with Crippen LogP contribution in [0.4, 0.5) is 0 Å². The minimum atomic E-state index is 0.990. The van der Waals surface area contributed by atoms with E-state index in [0.717, 1.165) is 22.6 Å². The molecule has 6 bridgehead atoms. The molecule has 8 aliphatic rings. The van der Waals surface area contributed by atoms with Crippen molar-refractivity contribution in [2.45, 2.75) is 48.3 Å². The number of fused-ring (bicyclic) bond motifs is 8. The Morgan fingerprint density at radius 1 is 0.520 bits per heavy atom. The van der Waals surface area contributed by atoms with E-state index in [1.165, 1.54) is 100 Å². The first-order chi connectivity index (χ1) is 12.3. The Balaban J connectivity index is 1.19. The lowest BCUT2D eigenvalue weighted by molar-refractivity contribution is -0.968. The highest BCUT2D eigenvalue weighted by molar-refractivity contribution is 8.00. The topological polar surface area (TPSA) is 6.48 Å². The van der Waals surface area contributed by atoms with Crippen LogP contribution in [0.25, 0.3) is 0 Å². The Kier molecular flexibility index (Phi) is 3.78. The van der Waals surface area contributed by atoms with Gasteiger partial charge in [-0.15, -0.1) is 11.8 Å². The lowest BCUT2D eigenvalue weighted by Gasteiger charge is -2.61. The van der Waals surface area contributed by atoms with E-state index in [4.69, 9.17) is 0 Å². The van der Waals surface area contributed by atoms with Gasteiger partial charge in [-0.3, -0.25) is 9.80 Å². The van der Waals surface area contributed by atoms with Crippen LogP contribution >= 0.6 is 11.8 Å². The summed E-state index contributed by atoms with van der Waals surface area (Å²) in [6.45, 7) is 17.1. The second-order valence-corrected chi connectivity index (χ2v) is 11.4. The van der Waals surface area contributed by atoms with Gasteiger partial charge in [0.1, 0.15) is 12.1 Å². The quantitative estimate of drug-likeness (QED) is 0.677. The summed E-state index contributed by atoms with van der Waals surface area (Å²) in [5.41, 5.74) is 0. The number of hydrogen-bond acceptors (Lipinski definition) is 3. The number of rotatable bonds is 2. The molecule has 0 aromatic carbocycles. The normalized spacial score (nSPS) is 57.6. The summed E-state index contributed by atoms with van der Waals surface area (Å²) in [6, 6.07) is 2.01. The van der Waals surface area contributed by atoms with E-state index in [0.29, 0.717) is 0 Å². The van der Waals surface area contributed by atoms with E-state index in [1.54, 1.807) is 12.8 Å². The maximum absolute atomic E-state index is 2.71. The molecule has 4 nitrogen and oxygen atoms in total. The van der Waals surface area contributed by atoms with Crippen LogP contribution in [0.15, 0.2) is 0 Å². The summed E-state index contributed by atoms with van der Waals surface area (Å²) in [5.74, 6) is 0. The predicted octanol–water partition coefficient (Wildman–Crippen LogP) is 1.07. The van der Waals surface area contributed by atoms with Gasteiger partial charge < -0.3 is 8.97 Å². The third-order valence-electron chi connectivity index (χ3n) is 9.28. The Labute approximate surface area is 157 Å². The van der Waals surface area contributed by atoms with E-state index in [2.05, 4.69) is 21.6 Å². The molecule has 4 unspecified atom stereocenters. The fraction of sp³-hybridized carbons (Fsp3) is 1.00. The molecule has 5 heteroatoms. The van der Waals surface area contributed by atoms with Crippen LogP contribution in [0.2, 0.25) is 0 Å². The van der Waals surface area contributed by atoms with Crippen LogP contribution in [0.1, 0.15) is 25.7 Å². The van der Waals surface area contributed by atoms with Gasteiger partial charge in [0.25, 0.3) is 0 Å². The van der Waals surface area contributed by atoms with Gasteiger partial charge >= 0.3 is 0 Å². The zero-order valence-corrected chi connectivity index (χ0v) is 16.6. The van der Waals surface area contributed by atoms with Crippen molar-refractivity contribution in [3.63, 3.8) is 0 Å². The smallest absolute Gasteiger partial charge is 0.101 e. The molecule has 140 valence electrons. The summed E-state index contributed by atoms with van der Waals surface area (Å²) < 4.78 is 3.03. The van der Waals surface area contributed by atoms with Crippen LogP contribution in [-0.4, -0.2) is 120 Å². The monoisotopic (exact) mass is 364 g/mol. The van der Waals surface area contributed by atoms with E-state index in [-0.39, 0.29) is 0 Å². The van der Waals surface area contributed by atoms with Crippen molar-refractivity contribution in [2.24, 2.45) is 0 Å². The van der Waals surface area contributed by atoms with Crippen molar-refractivity contribution in [1.82, 2.24) is 9.80 Å². The van der Waals surface area contributed by atoms with Crippen LogP contribution in [0, 0.1) is 0 Å². The first-order valence-corrected chi connectivity index (χ1v) is 12.0. The lowest BCUT2D eigenvalue weighted by Crippen LogP contribution is -2.75. The van der Waals surface area contributed by atoms with E-state index in [9.17, 15) is 0 Å². The highest BCUT2D eigenvalue weighted by Crippen LogP contribution is 2.49. The Morgan fingerprint density at radius 3 is 1.24 bits per heavy atom. The molecule has 8 saturated heterocycles. The summed E-state index contributed by atoms with van der Waals surface area (Å²) >= 11 is 2.48. The number of quaternary nitrogens is 2. The van der Waals surface area contributed by atoms with Crippen LogP contribution < -0.4 is 0 Å². The number of thioether (sulfide) groups is 1. The summed E-state index contributed by atoms with van der Waals surface area (Å²) in [5, 5.41) is 1.98. The first kappa shape index (κ1) is 16.2. The van der Waals surface area contributed by atoms with E-state index < -0.39 is 0 Å². The average molecular weight is 365 g/mol. The summed E-state index contributed by atoms with van der Waals surface area (Å²) in [6.07, 6.45) is 6.16. The summed E-state index contributed by atoms with van der Waals surface area (Å²) in [7, 11) is 0. The minimum absolute atomic E-state index is 0.990. The molecular weight excluding hydrogens is 328 g/mol. The zero-order chi connectivity index (χ0) is 16.5. The largest absolute Gasteiger partial charge is 0.317 e. The molecule has 8 rings (SSSR count). The number of nitrogens with zero attached hydrogens (tertiary/aromatic N) is 4. The maximum Gasteiger partial charge on any atom is 0.101 e. The fourth-order valence-corrected chi connectivity index (χ4v) is 9.75. The molecule has 0 aromatic rings. The molecule has 0 saturated carbocycles. The van der Waals surface area contributed by atoms with E-state index in [1.807, 2.05) is 0 Å². The third-order valence-corrected chi connectivity index (χ3v) is 11.1. The Bertz CT molecular complexity index is 450. The van der Waals surface area contributed by atoms with Gasteiger partial charge in [0.15, 0.2) is 0 Å². The second kappa shape index (κ2) is 5.84. The van der Waals surface area contributed by atoms with Crippen molar-refractivity contribution in [3.05, 3.63) is 0 Å². The highest BCUT2D eigenvalue weighted by Gasteiger charge is 2.56. The van der Waals surface area contributed by atoms with Gasteiger partial charge in [-0.1, -0.05) is 0 Å². The average Bonchev–Trinajstić information content (AvgIpc) is 2.71. The second-order valence-electron chi connectivity index (χ2n) is 9.96. The van der Waals surface area contributed by atoms with Crippen molar-refractivity contribution in [1.29, 1.82) is 0 Å². The summed E-state index contributed by atoms with van der Waals surface area (Å²) in [4.78, 5) is 5.42. The highest BCUT2D eigenvalue weighted by atomic mass is 32.2. The van der Waals surface area contributed by atoms with Crippen molar-refractivity contribution < 1.29 is 8.97 Å². The van der Waals surface area contributed by atoms with Gasteiger partial charge in [-0.2, -0.15) is 0 Å². The van der Waals surface area contributed by atoms with Crippen LogP contribution in [0.3, 0.4) is 0 Å². The van der Waals surface area contributed by atoms with Crippen molar-refractivity contribution in [2.75, 3.05) is 78.5 Å². The Morgan fingerprint density at radius 2 is 0.880 bits per heavy atom. The minimum Gasteiger partial charge on any atom is -0.317 e. The van der Waals surface area contributed by atoms with Gasteiger partial charge in [0.2, 0.25) is 0 Å². The molecule has 8 fully saturated rings. The SMILES string of the molecule is C1CC([N+]23CCN(CC2)CC3)C2CCC([N+]34CCN(CC3)CC4)C1S2. The maximum atomic E-state index is 2.71. The van der Waals surface area contributed by atoms with Gasteiger partial charge in [0, 0.05) is 52.1 Å². The van der Waals surface area contributed by atoms with Crippen LogP contribution in [-0.2, 0) is 0 Å². The first-order valence-electron chi connectivity index (χ1n) is 11.1. The van der Waals surface area contributed by atoms with Gasteiger partial charge in [-0.25, -0.2) is 0 Å². The molecule has 0 aromatic heterocycles. The molecule has 0 radical (unpaired) electrons. The van der Waals surface area contributed by atoms with Gasteiger partial charge in [-0.05, 0) is 12.8 Å².